The molecule has 0 aliphatic heterocycles. The van der Waals surface area contributed by atoms with Gasteiger partial charge in [-0.05, 0) is 48.7 Å². The summed E-state index contributed by atoms with van der Waals surface area (Å²) in [5.74, 6) is -1.05. The van der Waals surface area contributed by atoms with Gasteiger partial charge >= 0.3 is 6.18 Å². The summed E-state index contributed by atoms with van der Waals surface area (Å²) in [7, 11) is -2.03. The molecule has 0 saturated carbocycles. The standard InChI is InChI=1S/C24H25ClF3N3O3S/c1-15-5-10-19(29-13-15)14-31-21(23(32)30(3)11-12-35(4,33)34)20(16(2)22(31)24(26,27)28)17-6-8-18(25)9-7-17/h5-10,13H,11-12,14H2,1-4H3. The highest BCUT2D eigenvalue weighted by Crippen LogP contribution is 2.41. The predicted octanol–water partition coefficient (Wildman–Crippen LogP) is 5.00. The minimum atomic E-state index is -4.76. The summed E-state index contributed by atoms with van der Waals surface area (Å²) in [6.07, 6.45) is -2.19. The van der Waals surface area contributed by atoms with E-state index in [1.54, 1.807) is 30.5 Å². The van der Waals surface area contributed by atoms with E-state index in [2.05, 4.69) is 4.98 Å². The molecule has 0 bridgehead atoms. The van der Waals surface area contributed by atoms with E-state index in [1.807, 2.05) is 6.92 Å². The highest BCUT2D eigenvalue weighted by atomic mass is 35.5. The van der Waals surface area contributed by atoms with Crippen LogP contribution in [0.25, 0.3) is 11.1 Å². The van der Waals surface area contributed by atoms with E-state index in [4.69, 9.17) is 11.6 Å². The maximum absolute atomic E-state index is 14.4. The number of carbonyl (C=O) groups is 1. The Morgan fingerprint density at radius 3 is 2.26 bits per heavy atom. The summed E-state index contributed by atoms with van der Waals surface area (Å²) in [5.41, 5.74) is 0.385. The Labute approximate surface area is 207 Å². The predicted molar refractivity (Wildman–Crippen MR) is 129 cm³/mol. The number of pyridine rings is 1. The molecule has 3 aromatic rings. The summed E-state index contributed by atoms with van der Waals surface area (Å²) in [5, 5.41) is 0.392. The van der Waals surface area contributed by atoms with Gasteiger partial charge in [0.15, 0.2) is 0 Å². The second-order valence-electron chi connectivity index (χ2n) is 8.47. The third-order valence-electron chi connectivity index (χ3n) is 5.55. The largest absolute Gasteiger partial charge is 0.431 e. The molecule has 1 amide bonds. The van der Waals surface area contributed by atoms with Crippen LogP contribution in [0.5, 0.6) is 0 Å². The molecule has 188 valence electrons. The fraction of sp³-hybridized carbons (Fsp3) is 0.333. The van der Waals surface area contributed by atoms with Gasteiger partial charge in [0.1, 0.15) is 21.2 Å². The number of aryl methyl sites for hydroxylation is 1. The van der Waals surface area contributed by atoms with Crippen LogP contribution in [0, 0.1) is 13.8 Å². The Kier molecular flexibility index (Phi) is 7.66. The van der Waals surface area contributed by atoms with Gasteiger partial charge < -0.3 is 9.47 Å². The number of carbonyl (C=O) groups excluding carboxylic acids is 1. The van der Waals surface area contributed by atoms with Crippen molar-refractivity contribution >= 4 is 27.3 Å². The number of aromatic nitrogens is 2. The van der Waals surface area contributed by atoms with Crippen molar-refractivity contribution in [2.45, 2.75) is 26.6 Å². The zero-order valence-corrected chi connectivity index (χ0v) is 21.2. The van der Waals surface area contributed by atoms with E-state index in [0.29, 0.717) is 16.3 Å². The Bertz CT molecular complexity index is 1330. The third kappa shape index (κ3) is 6.24. The SMILES string of the molecule is Cc1ccc(Cn2c(C(=O)N(C)CCS(C)(=O)=O)c(-c3ccc(Cl)cc3)c(C)c2C(F)(F)F)nc1. The molecule has 11 heteroatoms. The fourth-order valence-electron chi connectivity index (χ4n) is 3.80. The van der Waals surface area contributed by atoms with Gasteiger partial charge in [-0.1, -0.05) is 29.8 Å². The molecule has 0 atom stereocenters. The first-order valence-corrected chi connectivity index (χ1v) is 13.0. The monoisotopic (exact) mass is 527 g/mol. The zero-order valence-electron chi connectivity index (χ0n) is 19.6. The average Bonchev–Trinajstić information content (AvgIpc) is 3.05. The van der Waals surface area contributed by atoms with Crippen molar-refractivity contribution in [2.75, 3.05) is 25.6 Å². The molecule has 35 heavy (non-hydrogen) atoms. The normalized spacial score (nSPS) is 12.1. The number of halogens is 4. The van der Waals surface area contributed by atoms with Gasteiger partial charge in [-0.25, -0.2) is 8.42 Å². The third-order valence-corrected chi connectivity index (χ3v) is 6.72. The molecule has 2 aromatic heterocycles. The molecule has 0 unspecified atom stereocenters. The van der Waals surface area contributed by atoms with Crippen molar-refractivity contribution in [1.82, 2.24) is 14.5 Å². The summed E-state index contributed by atoms with van der Waals surface area (Å²) in [4.78, 5) is 18.9. The number of nitrogens with zero attached hydrogens (tertiary/aromatic N) is 3. The van der Waals surface area contributed by atoms with Crippen LogP contribution in [0.4, 0.5) is 13.2 Å². The molecule has 1 aromatic carbocycles. The Hall–Kier alpha value is -2.85. The van der Waals surface area contributed by atoms with Crippen LogP contribution in [0.2, 0.25) is 5.02 Å². The van der Waals surface area contributed by atoms with E-state index in [9.17, 15) is 26.4 Å². The van der Waals surface area contributed by atoms with Gasteiger partial charge in [-0.2, -0.15) is 13.2 Å². The topological polar surface area (TPSA) is 72.3 Å². The van der Waals surface area contributed by atoms with E-state index in [0.717, 1.165) is 21.3 Å². The lowest BCUT2D eigenvalue weighted by Gasteiger charge is -2.21. The maximum Gasteiger partial charge on any atom is 0.431 e. The van der Waals surface area contributed by atoms with Crippen LogP contribution in [-0.2, 0) is 22.6 Å². The van der Waals surface area contributed by atoms with Crippen molar-refractivity contribution in [2.24, 2.45) is 0 Å². The second-order valence-corrected chi connectivity index (χ2v) is 11.2. The molecule has 0 aliphatic carbocycles. The van der Waals surface area contributed by atoms with Crippen LogP contribution in [-0.4, -0.2) is 54.4 Å². The Balaban J connectivity index is 2.27. The van der Waals surface area contributed by atoms with Gasteiger partial charge in [-0.15, -0.1) is 0 Å². The lowest BCUT2D eigenvalue weighted by atomic mass is 10.0. The van der Waals surface area contributed by atoms with Gasteiger partial charge in [0, 0.05) is 36.6 Å². The molecule has 6 nitrogen and oxygen atoms in total. The average molecular weight is 528 g/mol. The van der Waals surface area contributed by atoms with Crippen LogP contribution < -0.4 is 0 Å². The molecule has 0 aliphatic rings. The van der Waals surface area contributed by atoms with E-state index < -0.39 is 27.6 Å². The Morgan fingerprint density at radius 2 is 1.74 bits per heavy atom. The molecule has 0 radical (unpaired) electrons. The van der Waals surface area contributed by atoms with Gasteiger partial charge in [0.2, 0.25) is 0 Å². The number of amides is 1. The molecule has 0 N–H and O–H groups in total. The molecule has 0 spiro atoms. The van der Waals surface area contributed by atoms with E-state index in [-0.39, 0.29) is 35.7 Å². The van der Waals surface area contributed by atoms with E-state index in [1.165, 1.54) is 26.1 Å². The second kappa shape index (κ2) is 10.0. The van der Waals surface area contributed by atoms with Crippen molar-refractivity contribution in [1.29, 1.82) is 0 Å². The van der Waals surface area contributed by atoms with Crippen LogP contribution in [0.3, 0.4) is 0 Å². The number of alkyl halides is 3. The van der Waals surface area contributed by atoms with Crippen LogP contribution >= 0.6 is 11.6 Å². The summed E-state index contributed by atoms with van der Waals surface area (Å²) in [6, 6.07) is 9.49. The van der Waals surface area contributed by atoms with E-state index >= 15 is 0 Å². The number of sulfone groups is 1. The van der Waals surface area contributed by atoms with Crippen molar-refractivity contribution in [3.8, 4) is 11.1 Å². The molecule has 2 heterocycles. The van der Waals surface area contributed by atoms with Crippen molar-refractivity contribution in [3.05, 3.63) is 75.8 Å². The summed E-state index contributed by atoms with van der Waals surface area (Å²) >= 11 is 5.98. The van der Waals surface area contributed by atoms with Crippen molar-refractivity contribution < 1.29 is 26.4 Å². The fourth-order valence-corrected chi connectivity index (χ4v) is 4.53. The molecular formula is C24H25ClF3N3O3S. The number of rotatable bonds is 7. The van der Waals surface area contributed by atoms with Crippen LogP contribution in [0.15, 0.2) is 42.6 Å². The van der Waals surface area contributed by atoms with Gasteiger partial charge in [-0.3, -0.25) is 9.78 Å². The first kappa shape index (κ1) is 26.7. The molecule has 3 rings (SSSR count). The highest BCUT2D eigenvalue weighted by molar-refractivity contribution is 7.90. The smallest absolute Gasteiger partial charge is 0.339 e. The van der Waals surface area contributed by atoms with Gasteiger partial charge in [0.25, 0.3) is 5.91 Å². The highest BCUT2D eigenvalue weighted by Gasteiger charge is 2.41. The summed E-state index contributed by atoms with van der Waals surface area (Å²) < 4.78 is 67.2. The maximum atomic E-state index is 14.4. The molecule has 0 saturated heterocycles. The minimum Gasteiger partial charge on any atom is -0.339 e. The minimum absolute atomic E-state index is 0.109. The zero-order chi connectivity index (χ0) is 26.1. The van der Waals surface area contributed by atoms with Crippen LogP contribution in [0.1, 0.15) is 33.0 Å². The number of benzene rings is 1. The van der Waals surface area contributed by atoms with Crippen molar-refractivity contribution in [3.63, 3.8) is 0 Å². The lowest BCUT2D eigenvalue weighted by Crippen LogP contribution is -2.33. The Morgan fingerprint density at radius 1 is 1.11 bits per heavy atom. The summed E-state index contributed by atoms with van der Waals surface area (Å²) in [6.45, 7) is 2.65. The first-order valence-electron chi connectivity index (χ1n) is 10.6. The van der Waals surface area contributed by atoms with Gasteiger partial charge in [0.05, 0.1) is 18.0 Å². The first-order chi connectivity index (χ1) is 16.2. The number of hydrogen-bond donors (Lipinski definition) is 0. The lowest BCUT2D eigenvalue weighted by molar-refractivity contribution is -0.143. The molecule has 0 fully saturated rings. The number of hydrogen-bond acceptors (Lipinski definition) is 4. The quantitative estimate of drug-likeness (QED) is 0.433. The molecular weight excluding hydrogens is 503 g/mol.